The molecule has 0 bridgehead atoms. The second kappa shape index (κ2) is 10.5. The molecule has 3 heterocycles. The van der Waals surface area contributed by atoms with Crippen molar-refractivity contribution in [1.29, 1.82) is 0 Å². The van der Waals surface area contributed by atoms with Crippen molar-refractivity contribution in [3.63, 3.8) is 0 Å². The van der Waals surface area contributed by atoms with Gasteiger partial charge >= 0.3 is 12.3 Å². The standard InChI is InChI=1S/C27H25ClF3N5O3S/c1-26(2,39-24(32)38)10-16-12-35(13-16)25-34-23(37)22(40-25)8-15-3-6-21-18(7-15)11-33-36(21)14-17-4-5-19(28)9-20(17)27(29,30)31/h3-9,11,16H,10,12-14H2,1-2H3,(H2,32,38). The van der Waals surface area contributed by atoms with E-state index < -0.39 is 23.4 Å². The molecule has 2 aliphatic rings. The summed E-state index contributed by atoms with van der Waals surface area (Å²) in [5.74, 6) is -0.0566. The molecule has 0 unspecified atom stereocenters. The first-order chi connectivity index (χ1) is 18.8. The molecular weight excluding hydrogens is 567 g/mol. The van der Waals surface area contributed by atoms with Crippen LogP contribution in [0.15, 0.2) is 52.5 Å². The Kier molecular flexibility index (Phi) is 7.34. The average molecular weight is 592 g/mol. The van der Waals surface area contributed by atoms with Gasteiger partial charge in [-0.15, -0.1) is 0 Å². The third kappa shape index (κ3) is 6.12. The number of amides is 2. The van der Waals surface area contributed by atoms with Crippen molar-refractivity contribution in [2.75, 3.05) is 13.1 Å². The molecule has 2 N–H and O–H groups in total. The number of aliphatic imine (C=N–C) groups is 1. The lowest BCUT2D eigenvalue weighted by molar-refractivity contribution is -0.138. The highest BCUT2D eigenvalue weighted by atomic mass is 35.5. The van der Waals surface area contributed by atoms with Crippen LogP contribution in [0.25, 0.3) is 17.0 Å². The van der Waals surface area contributed by atoms with Gasteiger partial charge < -0.3 is 15.4 Å². The largest absolute Gasteiger partial charge is 0.444 e. The number of carbonyl (C=O) groups excluding carboxylic acids is 2. The minimum Gasteiger partial charge on any atom is -0.444 e. The van der Waals surface area contributed by atoms with Crippen LogP contribution in [0.3, 0.4) is 0 Å². The Morgan fingerprint density at radius 2 is 1.98 bits per heavy atom. The van der Waals surface area contributed by atoms with Crippen molar-refractivity contribution < 1.29 is 27.5 Å². The summed E-state index contributed by atoms with van der Waals surface area (Å²) in [6.45, 7) is 4.92. The monoisotopic (exact) mass is 591 g/mol. The van der Waals surface area contributed by atoms with Crippen molar-refractivity contribution in [3.8, 4) is 0 Å². The normalized spacial score (nSPS) is 17.4. The minimum atomic E-state index is -4.54. The number of rotatable bonds is 6. The fourth-order valence-electron chi connectivity index (χ4n) is 4.98. The van der Waals surface area contributed by atoms with Crippen molar-refractivity contribution >= 4 is 57.5 Å². The van der Waals surface area contributed by atoms with Crippen LogP contribution in [0.2, 0.25) is 5.02 Å². The van der Waals surface area contributed by atoms with E-state index in [0.717, 1.165) is 17.0 Å². The Labute approximate surface area is 237 Å². The predicted molar refractivity (Wildman–Crippen MR) is 148 cm³/mol. The van der Waals surface area contributed by atoms with Gasteiger partial charge in [-0.25, -0.2) is 4.79 Å². The molecular formula is C27H25ClF3N5O3S. The van der Waals surface area contributed by atoms with E-state index in [2.05, 4.69) is 10.1 Å². The van der Waals surface area contributed by atoms with Crippen LogP contribution < -0.4 is 5.73 Å². The molecule has 210 valence electrons. The van der Waals surface area contributed by atoms with Crippen LogP contribution in [0.1, 0.15) is 37.0 Å². The first-order valence-electron chi connectivity index (χ1n) is 12.3. The maximum Gasteiger partial charge on any atom is 0.416 e. The number of amidine groups is 1. The number of thioether (sulfide) groups is 1. The van der Waals surface area contributed by atoms with E-state index in [1.807, 2.05) is 24.8 Å². The van der Waals surface area contributed by atoms with Gasteiger partial charge in [-0.1, -0.05) is 23.7 Å². The number of primary amides is 1. The van der Waals surface area contributed by atoms with Crippen LogP contribution in [-0.4, -0.2) is 50.5 Å². The number of likely N-dealkylation sites (tertiary alicyclic amines) is 1. The third-order valence-electron chi connectivity index (χ3n) is 6.66. The molecule has 1 saturated heterocycles. The van der Waals surface area contributed by atoms with E-state index >= 15 is 0 Å². The molecule has 5 rings (SSSR count). The number of aromatic nitrogens is 2. The number of nitrogens with zero attached hydrogens (tertiary/aromatic N) is 4. The zero-order chi connectivity index (χ0) is 28.8. The fourth-order valence-corrected chi connectivity index (χ4v) is 6.09. The zero-order valence-corrected chi connectivity index (χ0v) is 23.1. The summed E-state index contributed by atoms with van der Waals surface area (Å²) in [5.41, 5.74) is 5.13. The number of nitrogens with two attached hydrogens (primary N) is 1. The topological polar surface area (TPSA) is 103 Å². The van der Waals surface area contributed by atoms with Gasteiger partial charge in [-0.2, -0.15) is 23.3 Å². The van der Waals surface area contributed by atoms with Gasteiger partial charge in [0.25, 0.3) is 5.91 Å². The molecule has 13 heteroatoms. The molecule has 0 radical (unpaired) electrons. The number of fused-ring (bicyclic) bond motifs is 1. The predicted octanol–water partition coefficient (Wildman–Crippen LogP) is 5.92. The second-order valence-corrected chi connectivity index (χ2v) is 11.8. The highest BCUT2D eigenvalue weighted by Gasteiger charge is 2.38. The van der Waals surface area contributed by atoms with Crippen LogP contribution in [0.4, 0.5) is 18.0 Å². The van der Waals surface area contributed by atoms with E-state index in [1.165, 1.54) is 28.6 Å². The summed E-state index contributed by atoms with van der Waals surface area (Å²) >= 11 is 7.09. The van der Waals surface area contributed by atoms with E-state index in [4.69, 9.17) is 22.1 Å². The number of benzene rings is 2. The molecule has 8 nitrogen and oxygen atoms in total. The Bertz CT molecular complexity index is 1560. The van der Waals surface area contributed by atoms with Gasteiger partial charge in [0.05, 0.1) is 28.7 Å². The summed E-state index contributed by atoms with van der Waals surface area (Å²) in [4.78, 5) is 30.3. The maximum absolute atomic E-state index is 13.5. The van der Waals surface area contributed by atoms with Gasteiger partial charge in [0.15, 0.2) is 5.17 Å². The van der Waals surface area contributed by atoms with Crippen LogP contribution in [0, 0.1) is 5.92 Å². The number of ether oxygens (including phenoxy) is 1. The quantitative estimate of drug-likeness (QED) is 0.357. The zero-order valence-electron chi connectivity index (χ0n) is 21.5. The van der Waals surface area contributed by atoms with Crippen molar-refractivity contribution in [3.05, 3.63) is 69.2 Å². The lowest BCUT2D eigenvalue weighted by Gasteiger charge is -2.43. The average Bonchev–Trinajstić information content (AvgIpc) is 3.38. The minimum absolute atomic E-state index is 0.0122. The molecule has 40 heavy (non-hydrogen) atoms. The van der Waals surface area contributed by atoms with E-state index in [-0.39, 0.29) is 29.0 Å². The van der Waals surface area contributed by atoms with Crippen molar-refractivity contribution in [1.82, 2.24) is 14.7 Å². The lowest BCUT2D eigenvalue weighted by Crippen LogP contribution is -2.51. The van der Waals surface area contributed by atoms with Crippen LogP contribution >= 0.6 is 23.4 Å². The highest BCUT2D eigenvalue weighted by molar-refractivity contribution is 8.18. The summed E-state index contributed by atoms with van der Waals surface area (Å²) in [6, 6.07) is 9.07. The summed E-state index contributed by atoms with van der Waals surface area (Å²) in [6.07, 6.45) is -1.38. The van der Waals surface area contributed by atoms with Gasteiger partial charge in [-0.3, -0.25) is 9.48 Å². The van der Waals surface area contributed by atoms with Crippen molar-refractivity contribution in [2.24, 2.45) is 16.6 Å². The van der Waals surface area contributed by atoms with Crippen LogP contribution in [0.5, 0.6) is 0 Å². The smallest absolute Gasteiger partial charge is 0.416 e. The summed E-state index contributed by atoms with van der Waals surface area (Å²) in [5, 5.41) is 5.64. The second-order valence-electron chi connectivity index (χ2n) is 10.4. The SMILES string of the molecule is CC(C)(CC1CN(C2=NC(=O)C(=Cc3ccc4c(cnn4Cc4ccc(Cl)cc4C(F)(F)F)c3)S2)C1)OC(N)=O. The molecule has 0 atom stereocenters. The third-order valence-corrected chi connectivity index (χ3v) is 7.93. The number of hydrogen-bond donors (Lipinski definition) is 1. The Morgan fingerprint density at radius 3 is 2.67 bits per heavy atom. The summed E-state index contributed by atoms with van der Waals surface area (Å²) in [7, 11) is 0. The number of hydrogen-bond acceptors (Lipinski definition) is 6. The molecule has 2 amide bonds. The Morgan fingerprint density at radius 1 is 1.23 bits per heavy atom. The van der Waals surface area contributed by atoms with Gasteiger partial charge in [0, 0.05) is 23.5 Å². The fraction of sp³-hybridized carbons (Fsp3) is 0.333. The van der Waals surface area contributed by atoms with Gasteiger partial charge in [0.1, 0.15) is 5.60 Å². The molecule has 3 aromatic rings. The first-order valence-corrected chi connectivity index (χ1v) is 13.5. The van der Waals surface area contributed by atoms with Gasteiger partial charge in [-0.05, 0) is 79.4 Å². The molecule has 2 aliphatic heterocycles. The van der Waals surface area contributed by atoms with E-state index in [9.17, 15) is 22.8 Å². The molecule has 2 aromatic carbocycles. The molecule has 0 spiro atoms. The van der Waals surface area contributed by atoms with Crippen LogP contribution in [-0.2, 0) is 22.3 Å². The molecule has 1 fully saturated rings. The maximum atomic E-state index is 13.5. The number of halogens is 4. The van der Waals surface area contributed by atoms with E-state index in [1.54, 1.807) is 24.4 Å². The number of alkyl halides is 3. The lowest BCUT2D eigenvalue weighted by atomic mass is 9.88. The first kappa shape index (κ1) is 28.0. The Hall–Kier alpha value is -3.51. The van der Waals surface area contributed by atoms with Crippen molar-refractivity contribution in [2.45, 2.75) is 38.6 Å². The molecule has 0 saturated carbocycles. The molecule has 0 aliphatic carbocycles. The molecule has 1 aromatic heterocycles. The number of carbonyl (C=O) groups is 2. The van der Waals surface area contributed by atoms with E-state index in [0.29, 0.717) is 35.1 Å². The highest BCUT2D eigenvalue weighted by Crippen LogP contribution is 2.37. The Balaban J connectivity index is 1.25. The van der Waals surface area contributed by atoms with Gasteiger partial charge in [0.2, 0.25) is 0 Å². The summed E-state index contributed by atoms with van der Waals surface area (Å²) < 4.78 is 47.2.